The van der Waals surface area contributed by atoms with Crippen molar-refractivity contribution in [2.24, 2.45) is 0 Å². The minimum atomic E-state index is -3.35. The molecular formula is C13H19NO3S. The molecule has 0 radical (unpaired) electrons. The topological polar surface area (TPSA) is 57.6 Å². The molecular weight excluding hydrogens is 250 g/mol. The van der Waals surface area contributed by atoms with E-state index in [9.17, 15) is 8.42 Å². The first-order valence-electron chi connectivity index (χ1n) is 6.08. The number of aliphatic hydroxyl groups is 1. The van der Waals surface area contributed by atoms with Gasteiger partial charge in [-0.3, -0.25) is 0 Å². The summed E-state index contributed by atoms with van der Waals surface area (Å²) in [5.41, 5.74) is 1.69. The number of hydrogen-bond donors (Lipinski definition) is 1. The molecule has 2 atom stereocenters. The van der Waals surface area contributed by atoms with Gasteiger partial charge in [0.05, 0.1) is 15.8 Å². The van der Waals surface area contributed by atoms with Crippen molar-refractivity contribution >= 4 is 15.5 Å². The first-order valence-corrected chi connectivity index (χ1v) is 7.62. The quantitative estimate of drug-likeness (QED) is 0.880. The molecule has 2 unspecified atom stereocenters. The van der Waals surface area contributed by atoms with Crippen LogP contribution >= 0.6 is 0 Å². The Balaban J connectivity index is 2.63. The summed E-state index contributed by atoms with van der Waals surface area (Å²) < 4.78 is 25.1. The summed E-state index contributed by atoms with van der Waals surface area (Å²) >= 11 is 0. The van der Waals surface area contributed by atoms with Crippen molar-refractivity contribution < 1.29 is 13.5 Å². The lowest BCUT2D eigenvalue weighted by Gasteiger charge is -2.39. The largest absolute Gasteiger partial charge is 0.396 e. The highest BCUT2D eigenvalue weighted by atomic mass is 32.2. The van der Waals surface area contributed by atoms with Crippen LogP contribution in [0.3, 0.4) is 0 Å². The lowest BCUT2D eigenvalue weighted by molar-refractivity contribution is 0.280. The predicted octanol–water partition coefficient (Wildman–Crippen LogP) is 1.36. The standard InChI is InChI=1S/C13H19NO3S/c1-9-4-5-11-13(8-9)18(16,17)12(6-7-15)10(2)14(11)3/h4-5,8,10,12,15H,6-7H2,1-3H3. The number of sulfone groups is 1. The summed E-state index contributed by atoms with van der Waals surface area (Å²) in [4.78, 5) is 2.37. The molecule has 1 heterocycles. The van der Waals surface area contributed by atoms with Crippen LogP contribution in [0.5, 0.6) is 0 Å². The van der Waals surface area contributed by atoms with Crippen LogP contribution in [0.4, 0.5) is 5.69 Å². The summed E-state index contributed by atoms with van der Waals surface area (Å²) in [6.07, 6.45) is 0.279. The number of benzene rings is 1. The molecule has 0 saturated carbocycles. The average molecular weight is 269 g/mol. The minimum absolute atomic E-state index is 0.108. The van der Waals surface area contributed by atoms with Crippen LogP contribution in [-0.4, -0.2) is 38.5 Å². The summed E-state index contributed by atoms with van der Waals surface area (Å²) in [5, 5.41) is 8.53. The van der Waals surface area contributed by atoms with E-state index in [1.807, 2.05) is 37.9 Å². The molecule has 5 heteroatoms. The van der Waals surface area contributed by atoms with Gasteiger partial charge in [-0.1, -0.05) is 6.07 Å². The third-order valence-corrected chi connectivity index (χ3v) is 6.13. The smallest absolute Gasteiger partial charge is 0.185 e. The molecule has 0 aliphatic carbocycles. The Morgan fingerprint density at radius 2 is 2.06 bits per heavy atom. The molecule has 1 N–H and O–H groups in total. The minimum Gasteiger partial charge on any atom is -0.396 e. The number of rotatable bonds is 2. The van der Waals surface area contributed by atoms with E-state index < -0.39 is 15.1 Å². The highest BCUT2D eigenvalue weighted by Gasteiger charge is 2.40. The molecule has 0 fully saturated rings. The van der Waals surface area contributed by atoms with Gasteiger partial charge in [0.1, 0.15) is 0 Å². The molecule has 18 heavy (non-hydrogen) atoms. The molecule has 4 nitrogen and oxygen atoms in total. The molecule has 100 valence electrons. The van der Waals surface area contributed by atoms with Gasteiger partial charge in [0.15, 0.2) is 9.84 Å². The van der Waals surface area contributed by atoms with E-state index in [1.165, 1.54) is 0 Å². The van der Waals surface area contributed by atoms with Crippen LogP contribution in [0, 0.1) is 6.92 Å². The zero-order chi connectivity index (χ0) is 13.5. The molecule has 0 amide bonds. The molecule has 1 aromatic rings. The lowest BCUT2D eigenvalue weighted by atomic mass is 10.1. The van der Waals surface area contributed by atoms with E-state index in [1.54, 1.807) is 6.07 Å². The van der Waals surface area contributed by atoms with Crippen molar-refractivity contribution in [1.82, 2.24) is 0 Å². The van der Waals surface area contributed by atoms with E-state index in [4.69, 9.17) is 5.11 Å². The van der Waals surface area contributed by atoms with Crippen LogP contribution in [0.2, 0.25) is 0 Å². The van der Waals surface area contributed by atoms with E-state index >= 15 is 0 Å². The Kier molecular flexibility index (Phi) is 3.38. The van der Waals surface area contributed by atoms with Crippen molar-refractivity contribution in [3.05, 3.63) is 23.8 Å². The Hall–Kier alpha value is -1.07. The fourth-order valence-electron chi connectivity index (χ4n) is 2.56. The molecule has 0 saturated heterocycles. The third kappa shape index (κ3) is 1.91. The van der Waals surface area contributed by atoms with Crippen LogP contribution in [0.15, 0.2) is 23.1 Å². The molecule has 1 aliphatic heterocycles. The Morgan fingerprint density at radius 1 is 1.39 bits per heavy atom. The lowest BCUT2D eigenvalue weighted by Crippen LogP contribution is -2.48. The van der Waals surface area contributed by atoms with Crippen LogP contribution in [0.1, 0.15) is 18.9 Å². The van der Waals surface area contributed by atoms with Gasteiger partial charge in [-0.2, -0.15) is 0 Å². The van der Waals surface area contributed by atoms with Gasteiger partial charge < -0.3 is 10.0 Å². The Bertz CT molecular complexity index is 553. The van der Waals surface area contributed by atoms with Crippen LogP contribution in [0.25, 0.3) is 0 Å². The maximum atomic E-state index is 12.6. The second-order valence-electron chi connectivity index (χ2n) is 4.92. The van der Waals surface area contributed by atoms with Crippen molar-refractivity contribution in [3.63, 3.8) is 0 Å². The van der Waals surface area contributed by atoms with E-state index in [-0.39, 0.29) is 19.1 Å². The van der Waals surface area contributed by atoms with Gasteiger partial charge in [0.25, 0.3) is 0 Å². The maximum Gasteiger partial charge on any atom is 0.185 e. The first kappa shape index (κ1) is 13.4. The van der Waals surface area contributed by atoms with Crippen molar-refractivity contribution in [2.75, 3.05) is 18.6 Å². The molecule has 0 spiro atoms. The highest BCUT2D eigenvalue weighted by Crippen LogP contribution is 2.37. The summed E-state index contributed by atoms with van der Waals surface area (Å²) in [6.45, 7) is 3.67. The Labute approximate surface area is 108 Å². The fourth-order valence-corrected chi connectivity index (χ4v) is 4.85. The van der Waals surface area contributed by atoms with Gasteiger partial charge in [-0.05, 0) is 38.0 Å². The van der Waals surface area contributed by atoms with Crippen LogP contribution in [-0.2, 0) is 9.84 Å². The van der Waals surface area contributed by atoms with Gasteiger partial charge in [-0.25, -0.2) is 8.42 Å². The van der Waals surface area contributed by atoms with Gasteiger partial charge >= 0.3 is 0 Å². The van der Waals surface area contributed by atoms with Crippen LogP contribution < -0.4 is 4.90 Å². The number of hydrogen-bond acceptors (Lipinski definition) is 4. The molecule has 2 rings (SSSR count). The zero-order valence-corrected chi connectivity index (χ0v) is 11.7. The Morgan fingerprint density at radius 3 is 2.67 bits per heavy atom. The van der Waals surface area contributed by atoms with E-state index in [0.29, 0.717) is 4.90 Å². The van der Waals surface area contributed by atoms with Gasteiger partial charge in [0.2, 0.25) is 0 Å². The number of fused-ring (bicyclic) bond motifs is 1. The summed E-state index contributed by atoms with van der Waals surface area (Å²) in [6, 6.07) is 5.37. The van der Waals surface area contributed by atoms with E-state index in [0.717, 1.165) is 11.3 Å². The van der Waals surface area contributed by atoms with E-state index in [2.05, 4.69) is 0 Å². The highest BCUT2D eigenvalue weighted by molar-refractivity contribution is 7.92. The zero-order valence-electron chi connectivity index (χ0n) is 10.9. The normalized spacial score (nSPS) is 25.9. The predicted molar refractivity (Wildman–Crippen MR) is 71.7 cm³/mol. The van der Waals surface area contributed by atoms with Gasteiger partial charge in [0, 0.05) is 19.7 Å². The number of nitrogens with zero attached hydrogens (tertiary/aromatic N) is 1. The molecule has 1 aromatic carbocycles. The number of anilines is 1. The SMILES string of the molecule is Cc1ccc2c(c1)S(=O)(=O)C(CCO)C(C)N2C. The van der Waals surface area contributed by atoms with Crippen molar-refractivity contribution in [2.45, 2.75) is 36.5 Å². The van der Waals surface area contributed by atoms with Crippen molar-refractivity contribution in [3.8, 4) is 0 Å². The molecule has 0 aromatic heterocycles. The van der Waals surface area contributed by atoms with Crippen molar-refractivity contribution in [1.29, 1.82) is 0 Å². The second-order valence-corrected chi connectivity index (χ2v) is 7.05. The maximum absolute atomic E-state index is 12.6. The average Bonchev–Trinajstić information content (AvgIpc) is 2.32. The fraction of sp³-hybridized carbons (Fsp3) is 0.538. The second kappa shape index (κ2) is 4.55. The monoisotopic (exact) mass is 269 g/mol. The first-order chi connectivity index (χ1) is 8.39. The summed E-state index contributed by atoms with van der Waals surface area (Å²) in [5.74, 6) is 0. The molecule has 1 aliphatic rings. The number of aliphatic hydroxyl groups excluding tert-OH is 1. The molecule has 0 bridgehead atoms. The third-order valence-electron chi connectivity index (χ3n) is 3.76. The van der Waals surface area contributed by atoms with Gasteiger partial charge in [-0.15, -0.1) is 0 Å². The number of aryl methyl sites for hydroxylation is 1. The summed E-state index contributed by atoms with van der Waals surface area (Å²) in [7, 11) is -1.45.